The molecule has 1 atom stereocenters. The Kier molecular flexibility index (Phi) is 6.57. The van der Waals surface area contributed by atoms with Crippen molar-refractivity contribution < 1.29 is 9.59 Å². The van der Waals surface area contributed by atoms with E-state index in [1.54, 1.807) is 35.2 Å². The molecule has 0 saturated carbocycles. The highest BCUT2D eigenvalue weighted by Gasteiger charge is 2.35. The second kappa shape index (κ2) is 8.91. The largest absolute Gasteiger partial charge is 0.325 e. The summed E-state index contributed by atoms with van der Waals surface area (Å²) in [6, 6.07) is 14.4. The van der Waals surface area contributed by atoms with Crippen molar-refractivity contribution in [3.63, 3.8) is 0 Å². The Morgan fingerprint density at radius 2 is 2.07 bits per heavy atom. The van der Waals surface area contributed by atoms with Crippen LogP contribution >= 0.6 is 39.3 Å². The maximum absolute atomic E-state index is 12.7. The van der Waals surface area contributed by atoms with Crippen LogP contribution in [0, 0.1) is 0 Å². The number of nitrogens with zero attached hydrogens (tertiary/aromatic N) is 2. The van der Waals surface area contributed by atoms with Crippen molar-refractivity contribution in [2.75, 3.05) is 11.9 Å². The lowest BCUT2D eigenvalue weighted by atomic mass is 10.2. The number of rotatable bonds is 4. The molecule has 27 heavy (non-hydrogen) atoms. The lowest BCUT2D eigenvalue weighted by Gasteiger charge is -2.30. The fourth-order valence-corrected chi connectivity index (χ4v) is 4.18. The number of aliphatic imine (C=N–C) groups is 1. The van der Waals surface area contributed by atoms with E-state index in [4.69, 9.17) is 11.6 Å². The Labute approximate surface area is 175 Å². The number of anilines is 1. The van der Waals surface area contributed by atoms with Gasteiger partial charge in [-0.25, -0.2) is 4.99 Å². The number of benzene rings is 2. The number of amidine groups is 1. The topological polar surface area (TPSA) is 61.8 Å². The number of halogens is 2. The zero-order valence-electron chi connectivity index (χ0n) is 14.5. The molecule has 1 unspecified atom stereocenters. The van der Waals surface area contributed by atoms with Gasteiger partial charge in [-0.15, -0.1) is 0 Å². The summed E-state index contributed by atoms with van der Waals surface area (Å²) in [6.45, 7) is 2.38. The van der Waals surface area contributed by atoms with Gasteiger partial charge in [0.1, 0.15) is 5.25 Å². The normalized spacial score (nSPS) is 18.6. The van der Waals surface area contributed by atoms with E-state index in [0.717, 1.165) is 4.47 Å². The first kappa shape index (κ1) is 19.9. The third-order valence-corrected chi connectivity index (χ3v) is 5.84. The van der Waals surface area contributed by atoms with E-state index in [2.05, 4.69) is 26.2 Å². The molecule has 1 heterocycles. The highest BCUT2D eigenvalue weighted by Crippen LogP contribution is 2.30. The van der Waals surface area contributed by atoms with Crippen LogP contribution in [0.25, 0.3) is 0 Å². The van der Waals surface area contributed by atoms with Crippen LogP contribution in [-0.4, -0.2) is 33.7 Å². The standard InChI is InChI=1S/C19H17BrClN3O2S/c1-2-24-17(25)11-16(18(26)22-14-8-6-12(20)7-9-14)27-19(24)23-15-5-3-4-13(21)10-15/h3-10,16H,2,11H2,1H3,(H,22,26). The number of carbonyl (C=O) groups excluding carboxylic acids is 2. The third-order valence-electron chi connectivity index (χ3n) is 3.89. The highest BCUT2D eigenvalue weighted by molar-refractivity contribution is 9.10. The summed E-state index contributed by atoms with van der Waals surface area (Å²) in [5, 5.41) is 3.39. The molecule has 1 aliphatic heterocycles. The van der Waals surface area contributed by atoms with Crippen LogP contribution in [0.1, 0.15) is 13.3 Å². The van der Waals surface area contributed by atoms with Gasteiger partial charge in [-0.05, 0) is 49.4 Å². The average Bonchev–Trinajstić information content (AvgIpc) is 2.63. The summed E-state index contributed by atoms with van der Waals surface area (Å²) < 4.78 is 0.928. The SMILES string of the molecule is CCN1C(=O)CC(C(=O)Nc2ccc(Br)cc2)SC1=Nc1cccc(Cl)c1. The Morgan fingerprint density at radius 1 is 1.33 bits per heavy atom. The summed E-state index contributed by atoms with van der Waals surface area (Å²) >= 11 is 10.7. The summed E-state index contributed by atoms with van der Waals surface area (Å²) in [5.74, 6) is -0.335. The molecule has 2 aromatic carbocycles. The van der Waals surface area contributed by atoms with Gasteiger partial charge in [0, 0.05) is 28.1 Å². The Hall–Kier alpha value is -1.83. The molecule has 0 spiro atoms. The molecule has 2 amide bonds. The summed E-state index contributed by atoms with van der Waals surface area (Å²) in [5.41, 5.74) is 1.33. The minimum Gasteiger partial charge on any atom is -0.325 e. The molecule has 0 aromatic heterocycles. The summed E-state index contributed by atoms with van der Waals surface area (Å²) in [7, 11) is 0. The number of hydrogen-bond acceptors (Lipinski definition) is 4. The molecule has 1 aliphatic rings. The minimum absolute atomic E-state index is 0.118. The van der Waals surface area contributed by atoms with E-state index in [1.165, 1.54) is 11.8 Å². The molecular formula is C19H17BrClN3O2S. The van der Waals surface area contributed by atoms with Crippen LogP contribution in [0.5, 0.6) is 0 Å². The molecule has 0 aliphatic carbocycles. The Bertz CT molecular complexity index is 889. The van der Waals surface area contributed by atoms with Gasteiger partial charge >= 0.3 is 0 Å². The number of carbonyl (C=O) groups is 2. The van der Waals surface area contributed by atoms with Gasteiger partial charge in [0.05, 0.1) is 5.69 Å². The molecule has 5 nitrogen and oxygen atoms in total. The molecule has 2 aromatic rings. The van der Waals surface area contributed by atoms with E-state index < -0.39 is 5.25 Å². The molecular weight excluding hydrogens is 450 g/mol. The summed E-state index contributed by atoms with van der Waals surface area (Å²) in [4.78, 5) is 31.3. The van der Waals surface area contributed by atoms with E-state index >= 15 is 0 Å². The van der Waals surface area contributed by atoms with Crippen LogP contribution in [0.2, 0.25) is 5.02 Å². The fourth-order valence-electron chi connectivity index (χ4n) is 2.56. The lowest BCUT2D eigenvalue weighted by Crippen LogP contribution is -2.45. The van der Waals surface area contributed by atoms with Crippen molar-refractivity contribution in [3.8, 4) is 0 Å². The maximum Gasteiger partial charge on any atom is 0.238 e. The monoisotopic (exact) mass is 465 g/mol. The van der Waals surface area contributed by atoms with Crippen molar-refractivity contribution in [1.29, 1.82) is 0 Å². The van der Waals surface area contributed by atoms with Gasteiger partial charge in [0.2, 0.25) is 11.8 Å². The second-order valence-electron chi connectivity index (χ2n) is 5.82. The third kappa shape index (κ3) is 5.12. The first-order valence-corrected chi connectivity index (χ1v) is 10.4. The highest BCUT2D eigenvalue weighted by atomic mass is 79.9. The van der Waals surface area contributed by atoms with Crippen molar-refractivity contribution in [2.45, 2.75) is 18.6 Å². The molecule has 0 bridgehead atoms. The number of nitrogens with one attached hydrogen (secondary N) is 1. The van der Waals surface area contributed by atoms with Gasteiger partial charge in [0.15, 0.2) is 5.17 Å². The molecule has 1 fully saturated rings. The first-order chi connectivity index (χ1) is 13.0. The molecule has 0 radical (unpaired) electrons. The van der Waals surface area contributed by atoms with Gasteiger partial charge in [-0.1, -0.05) is 45.4 Å². The van der Waals surface area contributed by atoms with Gasteiger partial charge in [0.25, 0.3) is 0 Å². The van der Waals surface area contributed by atoms with E-state index in [-0.39, 0.29) is 18.2 Å². The van der Waals surface area contributed by atoms with Crippen molar-refractivity contribution >= 4 is 67.6 Å². The van der Waals surface area contributed by atoms with E-state index in [9.17, 15) is 9.59 Å². The molecule has 1 N–H and O–H groups in total. The average molecular weight is 467 g/mol. The van der Waals surface area contributed by atoms with Gasteiger partial charge in [-0.3, -0.25) is 14.5 Å². The fraction of sp³-hybridized carbons (Fsp3) is 0.211. The van der Waals surface area contributed by atoms with Crippen LogP contribution in [-0.2, 0) is 9.59 Å². The number of thioether (sulfide) groups is 1. The van der Waals surface area contributed by atoms with Crippen LogP contribution in [0.4, 0.5) is 11.4 Å². The maximum atomic E-state index is 12.7. The molecule has 8 heteroatoms. The van der Waals surface area contributed by atoms with Gasteiger partial charge in [-0.2, -0.15) is 0 Å². The van der Waals surface area contributed by atoms with Crippen molar-refractivity contribution in [2.24, 2.45) is 4.99 Å². The zero-order valence-corrected chi connectivity index (χ0v) is 17.6. The van der Waals surface area contributed by atoms with Crippen LogP contribution < -0.4 is 5.32 Å². The summed E-state index contributed by atoms with van der Waals surface area (Å²) in [6.07, 6.45) is 0.134. The second-order valence-corrected chi connectivity index (χ2v) is 8.34. The van der Waals surface area contributed by atoms with Crippen LogP contribution in [0.15, 0.2) is 58.0 Å². The van der Waals surface area contributed by atoms with E-state index in [0.29, 0.717) is 28.1 Å². The predicted octanol–water partition coefficient (Wildman–Crippen LogP) is 5.08. The Balaban J connectivity index is 1.80. The molecule has 140 valence electrons. The lowest BCUT2D eigenvalue weighted by molar-refractivity contribution is -0.129. The van der Waals surface area contributed by atoms with Crippen molar-refractivity contribution in [3.05, 3.63) is 58.0 Å². The number of hydrogen-bond donors (Lipinski definition) is 1. The van der Waals surface area contributed by atoms with Crippen molar-refractivity contribution in [1.82, 2.24) is 4.90 Å². The van der Waals surface area contributed by atoms with Crippen LogP contribution in [0.3, 0.4) is 0 Å². The minimum atomic E-state index is -0.540. The first-order valence-electron chi connectivity index (χ1n) is 8.34. The zero-order chi connectivity index (χ0) is 19.4. The van der Waals surface area contributed by atoms with Gasteiger partial charge < -0.3 is 5.32 Å². The smallest absolute Gasteiger partial charge is 0.238 e. The number of amides is 2. The Morgan fingerprint density at radius 3 is 2.74 bits per heavy atom. The molecule has 1 saturated heterocycles. The quantitative estimate of drug-likeness (QED) is 0.683. The van der Waals surface area contributed by atoms with E-state index in [1.807, 2.05) is 25.1 Å². The predicted molar refractivity (Wildman–Crippen MR) is 115 cm³/mol. The molecule has 3 rings (SSSR count).